The van der Waals surface area contributed by atoms with Crippen LogP contribution in [0, 0.1) is 12.8 Å². The minimum atomic E-state index is 0.0333. The predicted molar refractivity (Wildman–Crippen MR) is 67.1 cm³/mol. The van der Waals surface area contributed by atoms with Crippen molar-refractivity contribution in [3.05, 3.63) is 29.3 Å². The Labute approximate surface area is 97.0 Å². The second-order valence-electron chi connectivity index (χ2n) is 4.58. The molecule has 88 valence electrons. The fourth-order valence-electron chi connectivity index (χ4n) is 1.44. The lowest BCUT2D eigenvalue weighted by Crippen LogP contribution is -2.28. The van der Waals surface area contributed by atoms with Crippen molar-refractivity contribution in [3.8, 4) is 0 Å². The minimum absolute atomic E-state index is 0.0333. The van der Waals surface area contributed by atoms with Crippen LogP contribution in [0.15, 0.2) is 18.2 Å². The predicted octanol–water partition coefficient (Wildman–Crippen LogP) is 1.89. The van der Waals surface area contributed by atoms with Crippen LogP contribution in [0.2, 0.25) is 0 Å². The van der Waals surface area contributed by atoms with Crippen LogP contribution in [0.3, 0.4) is 0 Å². The van der Waals surface area contributed by atoms with Crippen molar-refractivity contribution >= 4 is 11.6 Å². The maximum Gasteiger partial charge on any atom is 0.224 e. The van der Waals surface area contributed by atoms with Gasteiger partial charge in [0.2, 0.25) is 5.91 Å². The van der Waals surface area contributed by atoms with E-state index in [9.17, 15) is 4.79 Å². The summed E-state index contributed by atoms with van der Waals surface area (Å²) in [6.45, 7) is 6.85. The molecule has 1 amide bonds. The highest BCUT2D eigenvalue weighted by Crippen LogP contribution is 2.14. The molecule has 0 aliphatic carbocycles. The first-order chi connectivity index (χ1) is 7.49. The van der Waals surface area contributed by atoms with Crippen LogP contribution in [-0.4, -0.2) is 12.5 Å². The number of carbonyl (C=O) groups excluding carboxylic acids is 1. The van der Waals surface area contributed by atoms with Crippen LogP contribution in [0.1, 0.15) is 25.0 Å². The summed E-state index contributed by atoms with van der Waals surface area (Å²) in [6, 6.07) is 5.76. The largest absolute Gasteiger partial charge is 0.398 e. The van der Waals surface area contributed by atoms with Crippen LogP contribution in [-0.2, 0) is 11.2 Å². The lowest BCUT2D eigenvalue weighted by Gasteiger charge is -2.09. The lowest BCUT2D eigenvalue weighted by molar-refractivity contribution is -0.120. The number of benzene rings is 1. The molecule has 16 heavy (non-hydrogen) atoms. The second kappa shape index (κ2) is 5.54. The lowest BCUT2D eigenvalue weighted by atomic mass is 10.1. The second-order valence-corrected chi connectivity index (χ2v) is 4.58. The van der Waals surface area contributed by atoms with Gasteiger partial charge in [0.25, 0.3) is 0 Å². The van der Waals surface area contributed by atoms with Crippen molar-refractivity contribution < 1.29 is 4.79 Å². The van der Waals surface area contributed by atoms with Crippen molar-refractivity contribution in [3.63, 3.8) is 0 Å². The maximum atomic E-state index is 11.6. The van der Waals surface area contributed by atoms with Gasteiger partial charge in [0, 0.05) is 12.2 Å². The SMILES string of the molecule is Cc1ccc(N)c(CC(=O)NCC(C)C)c1. The normalized spacial score (nSPS) is 10.5. The van der Waals surface area contributed by atoms with Gasteiger partial charge in [-0.1, -0.05) is 31.5 Å². The molecule has 3 heteroatoms. The summed E-state index contributed by atoms with van der Waals surface area (Å²) in [4.78, 5) is 11.6. The molecule has 0 spiro atoms. The van der Waals surface area contributed by atoms with Gasteiger partial charge in [-0.3, -0.25) is 4.79 Å². The van der Waals surface area contributed by atoms with Gasteiger partial charge in [-0.2, -0.15) is 0 Å². The Balaban J connectivity index is 2.59. The number of nitrogens with one attached hydrogen (secondary N) is 1. The molecule has 0 aliphatic heterocycles. The monoisotopic (exact) mass is 220 g/mol. The topological polar surface area (TPSA) is 55.1 Å². The van der Waals surface area contributed by atoms with Crippen LogP contribution in [0.4, 0.5) is 5.69 Å². The molecule has 3 nitrogen and oxygen atoms in total. The van der Waals surface area contributed by atoms with E-state index in [0.29, 0.717) is 24.6 Å². The van der Waals surface area contributed by atoms with Crippen molar-refractivity contribution in [2.45, 2.75) is 27.2 Å². The van der Waals surface area contributed by atoms with Gasteiger partial charge in [0.1, 0.15) is 0 Å². The molecule has 3 N–H and O–H groups in total. The Hall–Kier alpha value is -1.51. The third-order valence-electron chi connectivity index (χ3n) is 2.36. The highest BCUT2D eigenvalue weighted by Gasteiger charge is 2.06. The summed E-state index contributed by atoms with van der Waals surface area (Å²) in [5, 5.41) is 2.88. The van der Waals surface area contributed by atoms with Gasteiger partial charge < -0.3 is 11.1 Å². The molecule has 0 unspecified atom stereocenters. The van der Waals surface area contributed by atoms with Gasteiger partial charge in [0.15, 0.2) is 0 Å². The standard InChI is InChI=1S/C13H20N2O/c1-9(2)8-15-13(16)7-11-6-10(3)4-5-12(11)14/h4-6,9H,7-8,14H2,1-3H3,(H,15,16). The van der Waals surface area contributed by atoms with E-state index in [-0.39, 0.29) is 5.91 Å². The van der Waals surface area contributed by atoms with Gasteiger partial charge in [0.05, 0.1) is 6.42 Å². The summed E-state index contributed by atoms with van der Waals surface area (Å²) < 4.78 is 0. The number of amides is 1. The zero-order valence-corrected chi connectivity index (χ0v) is 10.2. The number of rotatable bonds is 4. The summed E-state index contributed by atoms with van der Waals surface area (Å²) in [6.07, 6.45) is 0.361. The zero-order valence-electron chi connectivity index (χ0n) is 10.2. The maximum absolute atomic E-state index is 11.6. The molecule has 0 saturated carbocycles. The van der Waals surface area contributed by atoms with Crippen molar-refractivity contribution in [1.82, 2.24) is 5.32 Å². The fourth-order valence-corrected chi connectivity index (χ4v) is 1.44. The molecule has 0 radical (unpaired) electrons. The van der Waals surface area contributed by atoms with E-state index in [1.54, 1.807) is 0 Å². The summed E-state index contributed by atoms with van der Waals surface area (Å²) in [7, 11) is 0. The Morgan fingerprint density at radius 1 is 1.44 bits per heavy atom. The number of hydrogen-bond acceptors (Lipinski definition) is 2. The van der Waals surface area contributed by atoms with Crippen LogP contribution >= 0.6 is 0 Å². The molecule has 0 saturated heterocycles. The highest BCUT2D eigenvalue weighted by atomic mass is 16.1. The number of anilines is 1. The molecule has 0 fully saturated rings. The quantitative estimate of drug-likeness (QED) is 0.761. The van der Waals surface area contributed by atoms with E-state index in [0.717, 1.165) is 11.1 Å². The van der Waals surface area contributed by atoms with Gasteiger partial charge in [-0.25, -0.2) is 0 Å². The Kier molecular flexibility index (Phi) is 4.35. The molecular formula is C13H20N2O. The Morgan fingerprint density at radius 2 is 2.12 bits per heavy atom. The van der Waals surface area contributed by atoms with Crippen LogP contribution < -0.4 is 11.1 Å². The average Bonchev–Trinajstić information content (AvgIpc) is 2.20. The van der Waals surface area contributed by atoms with E-state index < -0.39 is 0 Å². The minimum Gasteiger partial charge on any atom is -0.398 e. The van der Waals surface area contributed by atoms with Crippen molar-refractivity contribution in [2.24, 2.45) is 5.92 Å². The molecule has 1 aromatic rings. The number of nitrogens with two attached hydrogens (primary N) is 1. The fraction of sp³-hybridized carbons (Fsp3) is 0.462. The third kappa shape index (κ3) is 3.93. The van der Waals surface area contributed by atoms with Crippen molar-refractivity contribution in [1.29, 1.82) is 0 Å². The molecular weight excluding hydrogens is 200 g/mol. The summed E-state index contributed by atoms with van der Waals surface area (Å²) >= 11 is 0. The number of nitrogen functional groups attached to an aromatic ring is 1. The average molecular weight is 220 g/mol. The van der Waals surface area contributed by atoms with E-state index in [2.05, 4.69) is 19.2 Å². The van der Waals surface area contributed by atoms with Crippen LogP contribution in [0.5, 0.6) is 0 Å². The van der Waals surface area contributed by atoms with E-state index in [1.807, 2.05) is 25.1 Å². The van der Waals surface area contributed by atoms with Gasteiger partial charge in [-0.15, -0.1) is 0 Å². The Morgan fingerprint density at radius 3 is 2.75 bits per heavy atom. The molecule has 0 aliphatic rings. The third-order valence-corrected chi connectivity index (χ3v) is 2.36. The summed E-state index contributed by atoms with van der Waals surface area (Å²) in [5.41, 5.74) is 8.53. The highest BCUT2D eigenvalue weighted by molar-refractivity contribution is 5.80. The zero-order chi connectivity index (χ0) is 12.1. The van der Waals surface area contributed by atoms with Gasteiger partial charge in [-0.05, 0) is 24.5 Å². The number of carbonyl (C=O) groups is 1. The van der Waals surface area contributed by atoms with E-state index in [1.165, 1.54) is 0 Å². The summed E-state index contributed by atoms with van der Waals surface area (Å²) in [5.74, 6) is 0.504. The Bertz CT molecular complexity index is 372. The molecule has 1 aromatic carbocycles. The van der Waals surface area contributed by atoms with Crippen molar-refractivity contribution in [2.75, 3.05) is 12.3 Å². The van der Waals surface area contributed by atoms with Crippen LogP contribution in [0.25, 0.3) is 0 Å². The smallest absolute Gasteiger partial charge is 0.224 e. The number of hydrogen-bond donors (Lipinski definition) is 2. The molecule has 1 rings (SSSR count). The molecule has 0 bridgehead atoms. The molecule has 0 atom stereocenters. The van der Waals surface area contributed by atoms with E-state index >= 15 is 0 Å². The first kappa shape index (κ1) is 12.6. The molecule has 0 heterocycles. The first-order valence-corrected chi connectivity index (χ1v) is 5.60. The molecule has 0 aromatic heterocycles. The number of aryl methyl sites for hydroxylation is 1. The first-order valence-electron chi connectivity index (χ1n) is 5.60. The van der Waals surface area contributed by atoms with E-state index in [4.69, 9.17) is 5.73 Å². The van der Waals surface area contributed by atoms with Gasteiger partial charge >= 0.3 is 0 Å².